The number of carboxylic acids is 3. The Labute approximate surface area is 182 Å². The predicted octanol–water partition coefficient (Wildman–Crippen LogP) is -7.09. The summed E-state index contributed by atoms with van der Waals surface area (Å²) in [7, 11) is 0. The third kappa shape index (κ3) is 12.3. The summed E-state index contributed by atoms with van der Waals surface area (Å²) < 4.78 is 4.38. The van der Waals surface area contributed by atoms with Gasteiger partial charge in [-0.25, -0.2) is 9.59 Å². The molecule has 16 nitrogen and oxygen atoms in total. The van der Waals surface area contributed by atoms with Crippen molar-refractivity contribution in [1.82, 2.24) is 0 Å². The number of aliphatic hydroxyl groups excluding tert-OH is 4. The van der Waals surface area contributed by atoms with Crippen LogP contribution in [0.25, 0.3) is 0 Å². The molecule has 0 saturated carbocycles. The molecule has 1 heterocycles. The Bertz CT molecular complexity index is 584. The number of hydrogen-bond acceptors (Lipinski definition) is 13. The van der Waals surface area contributed by atoms with Crippen LogP contribution in [0.2, 0.25) is 0 Å². The van der Waals surface area contributed by atoms with E-state index in [2.05, 4.69) is 4.74 Å². The molecule has 1 aliphatic heterocycles. The van der Waals surface area contributed by atoms with Gasteiger partial charge in [-0.15, -0.1) is 0 Å². The van der Waals surface area contributed by atoms with Crippen molar-refractivity contribution in [3.05, 3.63) is 0 Å². The second kappa shape index (κ2) is 14.7. The third-order valence-electron chi connectivity index (χ3n) is 3.03. The molecule has 0 aliphatic carbocycles. The first-order valence-corrected chi connectivity index (χ1v) is 7.22. The fraction of sp³-hybridized carbons (Fsp3) is 0.615. The van der Waals surface area contributed by atoms with Crippen molar-refractivity contribution in [2.24, 2.45) is 0 Å². The summed E-state index contributed by atoms with van der Waals surface area (Å²) in [5, 5.41) is 86.0. The van der Waals surface area contributed by atoms with Gasteiger partial charge in [0.2, 0.25) is 0 Å². The molecular formula is C13H18MgO16. The molecule has 0 bridgehead atoms. The molecule has 0 aromatic carbocycles. The number of carbonyl (C=O) groups excluding carboxylic acids is 2. The van der Waals surface area contributed by atoms with Gasteiger partial charge in [0.1, 0.15) is 12.2 Å². The normalized spacial score (nSPS) is 22.5. The molecular weight excluding hydrogens is 436 g/mol. The molecule has 0 aromatic heterocycles. The van der Waals surface area contributed by atoms with Crippen LogP contribution in [0.3, 0.4) is 0 Å². The number of carboxylic acid groups (broad SMARTS) is 5. The Morgan fingerprint density at radius 3 is 1.57 bits per heavy atom. The maximum Gasteiger partial charge on any atom is 2.00 e. The van der Waals surface area contributed by atoms with Crippen LogP contribution in [-0.2, 0) is 23.9 Å². The van der Waals surface area contributed by atoms with E-state index in [-0.39, 0.29) is 23.1 Å². The van der Waals surface area contributed by atoms with Gasteiger partial charge in [-0.05, 0) is 6.16 Å². The number of aliphatic carboxylic acids is 3. The van der Waals surface area contributed by atoms with E-state index >= 15 is 0 Å². The van der Waals surface area contributed by atoms with Crippen LogP contribution >= 0.6 is 0 Å². The van der Waals surface area contributed by atoms with Gasteiger partial charge in [-0.1, -0.05) is 0 Å². The SMILES string of the molecule is O=C(O)CC(O)(CC(=O)O)C(=O)O.O=C([O-])[O-].O=C1O[C@H](CO)[C@@H](O)[C@H](O)[C@H]1O.[Mg+2]. The topological polar surface area (TPSA) is 303 Å². The van der Waals surface area contributed by atoms with Crippen LogP contribution in [0.5, 0.6) is 0 Å². The van der Waals surface area contributed by atoms with Crippen molar-refractivity contribution < 1.29 is 79.8 Å². The average molecular weight is 455 g/mol. The number of esters is 1. The van der Waals surface area contributed by atoms with Gasteiger partial charge in [0.15, 0.2) is 17.8 Å². The zero-order valence-electron chi connectivity index (χ0n) is 15.0. The largest absolute Gasteiger partial charge is 2.00 e. The van der Waals surface area contributed by atoms with Crippen molar-refractivity contribution in [3.8, 4) is 0 Å². The minimum Gasteiger partial charge on any atom is -0.652 e. The van der Waals surface area contributed by atoms with Gasteiger partial charge in [0, 0.05) is 0 Å². The molecule has 1 fully saturated rings. The van der Waals surface area contributed by atoms with Gasteiger partial charge in [-0.2, -0.15) is 0 Å². The molecule has 8 N–H and O–H groups in total. The van der Waals surface area contributed by atoms with Gasteiger partial charge >= 0.3 is 46.9 Å². The summed E-state index contributed by atoms with van der Waals surface area (Å²) in [4.78, 5) is 49.5. The number of cyclic esters (lactones) is 1. The fourth-order valence-corrected chi connectivity index (χ4v) is 1.69. The number of aliphatic hydroxyl groups is 5. The molecule has 4 atom stereocenters. The number of ether oxygens (including phenoxy) is 1. The van der Waals surface area contributed by atoms with E-state index in [0.717, 1.165) is 0 Å². The minimum absolute atomic E-state index is 0. The molecule has 0 unspecified atom stereocenters. The van der Waals surface area contributed by atoms with E-state index < -0.39 is 79.5 Å². The predicted molar refractivity (Wildman–Crippen MR) is 83.2 cm³/mol. The van der Waals surface area contributed by atoms with E-state index in [9.17, 15) is 19.2 Å². The summed E-state index contributed by atoms with van der Waals surface area (Å²) in [5.41, 5.74) is -2.74. The van der Waals surface area contributed by atoms with Crippen molar-refractivity contribution >= 4 is 53.1 Å². The van der Waals surface area contributed by atoms with Crippen LogP contribution in [0, 0.1) is 0 Å². The third-order valence-corrected chi connectivity index (χ3v) is 3.03. The average Bonchev–Trinajstić information content (AvgIpc) is 2.54. The Kier molecular flexibility index (Phi) is 15.8. The molecule has 1 aliphatic rings. The molecule has 0 aromatic rings. The van der Waals surface area contributed by atoms with Gasteiger partial charge < -0.3 is 60.6 Å². The van der Waals surface area contributed by atoms with Crippen molar-refractivity contribution in [2.45, 2.75) is 42.9 Å². The van der Waals surface area contributed by atoms with Crippen LogP contribution < -0.4 is 10.2 Å². The number of carbonyl (C=O) groups is 5. The van der Waals surface area contributed by atoms with Crippen LogP contribution in [0.1, 0.15) is 12.8 Å². The van der Waals surface area contributed by atoms with E-state index in [4.69, 9.17) is 55.9 Å². The molecule has 0 radical (unpaired) electrons. The van der Waals surface area contributed by atoms with Crippen LogP contribution in [0.15, 0.2) is 0 Å². The van der Waals surface area contributed by atoms with Gasteiger partial charge in [-0.3, -0.25) is 9.59 Å². The molecule has 0 amide bonds. The van der Waals surface area contributed by atoms with E-state index in [1.165, 1.54) is 0 Å². The Hall–Kier alpha value is -2.28. The monoisotopic (exact) mass is 454 g/mol. The smallest absolute Gasteiger partial charge is 0.652 e. The summed E-state index contributed by atoms with van der Waals surface area (Å²) in [6.07, 6.45) is -10.5. The van der Waals surface area contributed by atoms with Crippen molar-refractivity contribution in [3.63, 3.8) is 0 Å². The second-order valence-electron chi connectivity index (χ2n) is 5.31. The molecule has 168 valence electrons. The standard InChI is InChI=1S/C6H8O7.C6H10O6.CH2O3.Mg/c7-3(8)1-6(13,5(11)12)2-4(9)10;7-1-2-3(8)4(9)5(10)6(11)12-2;2-1(3)4;/h13H,1-2H2,(H,7,8)(H,9,10)(H,11,12);2-5,7-10H,1H2;(H2,2,3,4);/q;;;+2/p-2/t;2-,3-,4+,5-;;/m.1../s1. The van der Waals surface area contributed by atoms with Crippen molar-refractivity contribution in [1.29, 1.82) is 0 Å². The van der Waals surface area contributed by atoms with Gasteiger partial charge in [0.25, 0.3) is 0 Å². The summed E-state index contributed by atoms with van der Waals surface area (Å²) in [5.74, 6) is -6.05. The van der Waals surface area contributed by atoms with E-state index in [1.807, 2.05) is 0 Å². The van der Waals surface area contributed by atoms with E-state index in [1.54, 1.807) is 0 Å². The maximum absolute atomic E-state index is 10.7. The first-order valence-electron chi connectivity index (χ1n) is 7.22. The Morgan fingerprint density at radius 2 is 1.30 bits per heavy atom. The first-order chi connectivity index (χ1) is 13.1. The summed E-state index contributed by atoms with van der Waals surface area (Å²) in [6, 6.07) is 0. The number of hydrogen-bond donors (Lipinski definition) is 8. The second-order valence-corrected chi connectivity index (χ2v) is 5.31. The molecule has 0 spiro atoms. The zero-order valence-corrected chi connectivity index (χ0v) is 16.4. The summed E-state index contributed by atoms with van der Waals surface area (Å²) in [6.45, 7) is -0.587. The Morgan fingerprint density at radius 1 is 0.933 bits per heavy atom. The minimum atomic E-state index is -2.74. The first kappa shape index (κ1) is 32.4. The van der Waals surface area contributed by atoms with Gasteiger partial charge in [0.05, 0.1) is 19.4 Å². The fourth-order valence-electron chi connectivity index (χ4n) is 1.69. The van der Waals surface area contributed by atoms with E-state index in [0.29, 0.717) is 0 Å². The molecule has 17 heteroatoms. The Balaban J connectivity index is -0.000000402. The maximum atomic E-state index is 10.7. The zero-order chi connectivity index (χ0) is 23.5. The molecule has 1 saturated heterocycles. The quantitative estimate of drug-likeness (QED) is 0.136. The molecule has 1 rings (SSSR count). The van der Waals surface area contributed by atoms with Crippen molar-refractivity contribution in [2.75, 3.05) is 6.61 Å². The van der Waals surface area contributed by atoms with Crippen LogP contribution in [0.4, 0.5) is 4.79 Å². The summed E-state index contributed by atoms with van der Waals surface area (Å²) >= 11 is 0. The van der Waals surface area contributed by atoms with Crippen LogP contribution in [-0.4, -0.2) is 131 Å². The number of rotatable bonds is 6. The molecule has 30 heavy (non-hydrogen) atoms.